The number of rotatable bonds is 1. The van der Waals surface area contributed by atoms with Crippen molar-refractivity contribution in [3.63, 3.8) is 0 Å². The summed E-state index contributed by atoms with van der Waals surface area (Å²) in [5, 5.41) is 2.12. The van der Waals surface area contributed by atoms with Crippen LogP contribution < -0.4 is 0 Å². The van der Waals surface area contributed by atoms with Crippen LogP contribution in [0.15, 0.2) is 41.8 Å². The number of hydrogen-bond donors (Lipinski definition) is 0. The second-order valence-electron chi connectivity index (χ2n) is 2.31. The van der Waals surface area contributed by atoms with E-state index in [1.54, 1.807) is 0 Å². The Kier molecular flexibility index (Phi) is 1.44. The Hall–Kier alpha value is -0.820. The van der Waals surface area contributed by atoms with E-state index in [0.717, 1.165) is 0 Å². The smallest absolute Gasteiger partial charge is 0.0299 e. The van der Waals surface area contributed by atoms with Crippen molar-refractivity contribution in [3.05, 3.63) is 46.7 Å². The standard InChI is InChI=1S/C9H8S/c1-2-5-8(4-1)9-6-3-7-10-9/h1-8H. The minimum absolute atomic E-state index is 0.556. The van der Waals surface area contributed by atoms with Crippen molar-refractivity contribution >= 4 is 11.3 Å². The van der Waals surface area contributed by atoms with Crippen LogP contribution in [-0.2, 0) is 0 Å². The molecular weight excluding hydrogens is 140 g/mol. The van der Waals surface area contributed by atoms with Crippen molar-refractivity contribution in [1.82, 2.24) is 0 Å². The fourth-order valence-corrected chi connectivity index (χ4v) is 1.89. The van der Waals surface area contributed by atoms with Gasteiger partial charge >= 0.3 is 0 Å². The van der Waals surface area contributed by atoms with Crippen LogP contribution in [0, 0.1) is 0 Å². The van der Waals surface area contributed by atoms with Crippen molar-refractivity contribution in [2.24, 2.45) is 0 Å². The Balaban J connectivity index is 2.29. The van der Waals surface area contributed by atoms with Gasteiger partial charge in [-0.1, -0.05) is 30.4 Å². The predicted molar refractivity (Wildman–Crippen MR) is 45.3 cm³/mol. The van der Waals surface area contributed by atoms with Gasteiger partial charge < -0.3 is 0 Å². The summed E-state index contributed by atoms with van der Waals surface area (Å²) in [5.41, 5.74) is 0. The molecule has 0 nitrogen and oxygen atoms in total. The first kappa shape index (κ1) is 5.93. The average molecular weight is 148 g/mol. The lowest BCUT2D eigenvalue weighted by atomic mass is 10.1. The van der Waals surface area contributed by atoms with E-state index < -0.39 is 0 Å². The summed E-state index contributed by atoms with van der Waals surface area (Å²) in [6.07, 6.45) is 8.63. The minimum atomic E-state index is 0.556. The van der Waals surface area contributed by atoms with Crippen LogP contribution in [0.5, 0.6) is 0 Å². The summed E-state index contributed by atoms with van der Waals surface area (Å²) in [7, 11) is 0. The molecule has 0 aromatic carbocycles. The summed E-state index contributed by atoms with van der Waals surface area (Å²) in [6.45, 7) is 0. The van der Waals surface area contributed by atoms with Crippen LogP contribution in [0.4, 0.5) is 0 Å². The molecule has 0 aliphatic heterocycles. The lowest BCUT2D eigenvalue weighted by Crippen LogP contribution is -1.80. The number of allylic oxidation sites excluding steroid dienone is 4. The quantitative estimate of drug-likeness (QED) is 0.574. The summed E-state index contributed by atoms with van der Waals surface area (Å²) in [4.78, 5) is 1.44. The lowest BCUT2D eigenvalue weighted by molar-refractivity contribution is 1.15. The van der Waals surface area contributed by atoms with Gasteiger partial charge in [-0.05, 0) is 11.4 Å². The third-order valence-corrected chi connectivity index (χ3v) is 2.59. The first-order valence-electron chi connectivity index (χ1n) is 3.35. The third-order valence-electron chi connectivity index (χ3n) is 1.62. The molecule has 1 heterocycles. The van der Waals surface area contributed by atoms with E-state index in [1.165, 1.54) is 4.88 Å². The van der Waals surface area contributed by atoms with Gasteiger partial charge in [0.2, 0.25) is 0 Å². The highest BCUT2D eigenvalue weighted by molar-refractivity contribution is 7.10. The Morgan fingerprint density at radius 3 is 2.60 bits per heavy atom. The molecule has 2 rings (SSSR count). The summed E-state index contributed by atoms with van der Waals surface area (Å²) in [5.74, 6) is 0.556. The van der Waals surface area contributed by atoms with E-state index in [1.807, 2.05) is 11.3 Å². The van der Waals surface area contributed by atoms with Crippen LogP contribution in [0.3, 0.4) is 0 Å². The Labute approximate surface area is 64.5 Å². The van der Waals surface area contributed by atoms with Crippen molar-refractivity contribution < 1.29 is 0 Å². The Bertz CT molecular complexity index is 242. The Morgan fingerprint density at radius 2 is 2.00 bits per heavy atom. The van der Waals surface area contributed by atoms with E-state index in [2.05, 4.69) is 41.8 Å². The van der Waals surface area contributed by atoms with Crippen LogP contribution in [0.1, 0.15) is 10.8 Å². The molecule has 1 heteroatoms. The van der Waals surface area contributed by atoms with Crippen LogP contribution >= 0.6 is 11.3 Å². The predicted octanol–water partition coefficient (Wildman–Crippen LogP) is 2.96. The molecule has 0 bridgehead atoms. The maximum Gasteiger partial charge on any atom is 0.0299 e. The van der Waals surface area contributed by atoms with Crippen LogP contribution in [0.25, 0.3) is 0 Å². The molecule has 0 spiro atoms. The van der Waals surface area contributed by atoms with Crippen LogP contribution in [-0.4, -0.2) is 0 Å². The minimum Gasteiger partial charge on any atom is -0.148 e. The molecule has 1 aromatic rings. The van der Waals surface area contributed by atoms with E-state index in [0.29, 0.717) is 5.92 Å². The molecule has 0 unspecified atom stereocenters. The molecule has 0 fully saturated rings. The zero-order valence-electron chi connectivity index (χ0n) is 5.53. The number of thiophene rings is 1. The normalized spacial score (nSPS) is 16.8. The van der Waals surface area contributed by atoms with E-state index in [4.69, 9.17) is 0 Å². The molecule has 0 N–H and O–H groups in total. The van der Waals surface area contributed by atoms with Gasteiger partial charge in [0.25, 0.3) is 0 Å². The van der Waals surface area contributed by atoms with E-state index in [9.17, 15) is 0 Å². The molecule has 0 radical (unpaired) electrons. The van der Waals surface area contributed by atoms with Crippen molar-refractivity contribution in [3.8, 4) is 0 Å². The fourth-order valence-electron chi connectivity index (χ4n) is 1.10. The SMILES string of the molecule is C1=CC(c2cccs2)C=C1. The van der Waals surface area contributed by atoms with E-state index >= 15 is 0 Å². The molecule has 0 amide bonds. The maximum atomic E-state index is 2.21. The highest BCUT2D eigenvalue weighted by atomic mass is 32.1. The third kappa shape index (κ3) is 0.929. The largest absolute Gasteiger partial charge is 0.148 e. The highest BCUT2D eigenvalue weighted by Gasteiger charge is 2.06. The van der Waals surface area contributed by atoms with Gasteiger partial charge in [-0.2, -0.15) is 0 Å². The first-order chi connectivity index (χ1) is 4.97. The molecule has 10 heavy (non-hydrogen) atoms. The second-order valence-corrected chi connectivity index (χ2v) is 3.29. The lowest BCUT2D eigenvalue weighted by Gasteiger charge is -1.97. The molecule has 1 aliphatic carbocycles. The van der Waals surface area contributed by atoms with Gasteiger partial charge in [-0.15, -0.1) is 11.3 Å². The van der Waals surface area contributed by atoms with Crippen molar-refractivity contribution in [2.75, 3.05) is 0 Å². The first-order valence-corrected chi connectivity index (χ1v) is 4.23. The molecule has 50 valence electrons. The fraction of sp³-hybridized carbons (Fsp3) is 0.111. The maximum absolute atomic E-state index is 2.21. The summed E-state index contributed by atoms with van der Waals surface area (Å²) in [6, 6.07) is 4.27. The highest BCUT2D eigenvalue weighted by Crippen LogP contribution is 2.26. The summed E-state index contributed by atoms with van der Waals surface area (Å²) < 4.78 is 0. The molecule has 0 saturated carbocycles. The molecule has 0 saturated heterocycles. The van der Waals surface area contributed by atoms with E-state index in [-0.39, 0.29) is 0 Å². The second kappa shape index (κ2) is 2.43. The average Bonchev–Trinajstić information content (AvgIpc) is 2.59. The van der Waals surface area contributed by atoms with Gasteiger partial charge in [0.15, 0.2) is 0 Å². The summed E-state index contributed by atoms with van der Waals surface area (Å²) >= 11 is 1.82. The molecule has 1 aliphatic rings. The number of hydrogen-bond acceptors (Lipinski definition) is 1. The molecular formula is C9H8S. The topological polar surface area (TPSA) is 0 Å². The van der Waals surface area contributed by atoms with Crippen LogP contribution in [0.2, 0.25) is 0 Å². The van der Waals surface area contributed by atoms with Gasteiger partial charge in [-0.3, -0.25) is 0 Å². The van der Waals surface area contributed by atoms with Gasteiger partial charge in [-0.25, -0.2) is 0 Å². The monoisotopic (exact) mass is 148 g/mol. The Morgan fingerprint density at radius 1 is 1.20 bits per heavy atom. The van der Waals surface area contributed by atoms with Crippen molar-refractivity contribution in [2.45, 2.75) is 5.92 Å². The molecule has 0 atom stereocenters. The van der Waals surface area contributed by atoms with Gasteiger partial charge in [0.1, 0.15) is 0 Å². The van der Waals surface area contributed by atoms with Gasteiger partial charge in [0, 0.05) is 10.8 Å². The van der Waals surface area contributed by atoms with Crippen molar-refractivity contribution in [1.29, 1.82) is 0 Å². The zero-order chi connectivity index (χ0) is 6.81. The zero-order valence-corrected chi connectivity index (χ0v) is 6.34. The molecule has 1 aromatic heterocycles. The van der Waals surface area contributed by atoms with Gasteiger partial charge in [0.05, 0.1) is 0 Å².